The van der Waals surface area contributed by atoms with Gasteiger partial charge in [-0.1, -0.05) is 0 Å². The number of hydrogen-bond donors (Lipinski definition) is 2. The zero-order chi connectivity index (χ0) is 12.5. The molecule has 0 spiro atoms. The number of nitrogens with zero attached hydrogens (tertiary/aromatic N) is 2. The molecular weight excluding hydrogens is 254 g/mol. The minimum absolute atomic E-state index is 0.225. The number of hydrogen-bond acceptors (Lipinski definition) is 6. The van der Waals surface area contributed by atoms with Crippen LogP contribution in [0.25, 0.3) is 10.2 Å². The number of carboxylic acids is 1. The smallest absolute Gasteiger partial charge is 0.338 e. The SMILES string of the molecule is O=C(O)c1csc2c(NC3CCOC3)ncnc12. The summed E-state index contributed by atoms with van der Waals surface area (Å²) in [7, 11) is 0. The van der Waals surface area contributed by atoms with E-state index in [1.54, 1.807) is 5.38 Å². The summed E-state index contributed by atoms with van der Waals surface area (Å²) in [5, 5.41) is 13.9. The van der Waals surface area contributed by atoms with E-state index < -0.39 is 5.97 Å². The van der Waals surface area contributed by atoms with Crippen molar-refractivity contribution < 1.29 is 14.6 Å². The van der Waals surface area contributed by atoms with E-state index in [4.69, 9.17) is 9.84 Å². The highest BCUT2D eigenvalue weighted by Crippen LogP contribution is 2.29. The third-order valence-electron chi connectivity index (χ3n) is 2.85. The molecule has 1 saturated heterocycles. The van der Waals surface area contributed by atoms with Crippen molar-refractivity contribution in [2.45, 2.75) is 12.5 Å². The highest BCUT2D eigenvalue weighted by molar-refractivity contribution is 7.18. The Kier molecular flexibility index (Phi) is 2.85. The van der Waals surface area contributed by atoms with Crippen molar-refractivity contribution in [3.05, 3.63) is 17.3 Å². The number of fused-ring (bicyclic) bond motifs is 1. The van der Waals surface area contributed by atoms with E-state index in [0.717, 1.165) is 17.7 Å². The Balaban J connectivity index is 1.99. The maximum absolute atomic E-state index is 11.0. The summed E-state index contributed by atoms with van der Waals surface area (Å²) in [4.78, 5) is 19.3. The van der Waals surface area contributed by atoms with Crippen LogP contribution < -0.4 is 5.32 Å². The van der Waals surface area contributed by atoms with E-state index in [2.05, 4.69) is 15.3 Å². The summed E-state index contributed by atoms with van der Waals surface area (Å²) < 4.78 is 6.07. The highest BCUT2D eigenvalue weighted by Gasteiger charge is 2.19. The molecule has 1 fully saturated rings. The monoisotopic (exact) mass is 265 g/mol. The van der Waals surface area contributed by atoms with Gasteiger partial charge in [-0.3, -0.25) is 0 Å². The lowest BCUT2D eigenvalue weighted by Gasteiger charge is -2.11. The molecule has 0 amide bonds. The number of rotatable bonds is 3. The minimum Gasteiger partial charge on any atom is -0.478 e. The van der Waals surface area contributed by atoms with Crippen LogP contribution in [0.4, 0.5) is 5.82 Å². The van der Waals surface area contributed by atoms with Gasteiger partial charge in [0.15, 0.2) is 0 Å². The number of aromatic nitrogens is 2. The van der Waals surface area contributed by atoms with Crippen molar-refractivity contribution in [2.75, 3.05) is 18.5 Å². The maximum atomic E-state index is 11.0. The predicted octanol–water partition coefficient (Wildman–Crippen LogP) is 1.59. The number of anilines is 1. The number of thiophene rings is 1. The number of nitrogens with one attached hydrogen (secondary N) is 1. The zero-order valence-corrected chi connectivity index (χ0v) is 10.2. The fraction of sp³-hybridized carbons (Fsp3) is 0.364. The van der Waals surface area contributed by atoms with Crippen molar-refractivity contribution in [3.8, 4) is 0 Å². The molecule has 1 atom stereocenters. The topological polar surface area (TPSA) is 84.3 Å². The lowest BCUT2D eigenvalue weighted by Crippen LogP contribution is -2.19. The molecule has 2 N–H and O–H groups in total. The summed E-state index contributed by atoms with van der Waals surface area (Å²) >= 11 is 1.34. The van der Waals surface area contributed by atoms with E-state index in [1.165, 1.54) is 17.7 Å². The van der Waals surface area contributed by atoms with Crippen LogP contribution in [0.15, 0.2) is 11.7 Å². The molecule has 2 aromatic heterocycles. The van der Waals surface area contributed by atoms with Crippen LogP contribution in [0.1, 0.15) is 16.8 Å². The van der Waals surface area contributed by atoms with Crippen molar-refractivity contribution in [1.82, 2.24) is 9.97 Å². The van der Waals surface area contributed by atoms with Crippen LogP contribution in [-0.2, 0) is 4.74 Å². The van der Waals surface area contributed by atoms with Crippen LogP contribution in [-0.4, -0.2) is 40.3 Å². The van der Waals surface area contributed by atoms with Crippen LogP contribution in [0.5, 0.6) is 0 Å². The highest BCUT2D eigenvalue weighted by atomic mass is 32.1. The van der Waals surface area contributed by atoms with Crippen LogP contribution in [0.3, 0.4) is 0 Å². The molecule has 0 bridgehead atoms. The average Bonchev–Trinajstić information content (AvgIpc) is 2.97. The van der Waals surface area contributed by atoms with Gasteiger partial charge in [0.2, 0.25) is 0 Å². The number of aromatic carboxylic acids is 1. The third kappa shape index (κ3) is 1.91. The van der Waals surface area contributed by atoms with E-state index >= 15 is 0 Å². The Labute approximate surface area is 107 Å². The maximum Gasteiger partial charge on any atom is 0.338 e. The molecule has 1 aliphatic rings. The second-order valence-electron chi connectivity index (χ2n) is 4.06. The summed E-state index contributed by atoms with van der Waals surface area (Å²) in [5.41, 5.74) is 0.715. The van der Waals surface area contributed by atoms with Gasteiger partial charge in [-0.05, 0) is 6.42 Å². The van der Waals surface area contributed by atoms with Gasteiger partial charge in [0.05, 0.1) is 22.9 Å². The van der Waals surface area contributed by atoms with Gasteiger partial charge in [-0.2, -0.15) is 0 Å². The molecule has 18 heavy (non-hydrogen) atoms. The van der Waals surface area contributed by atoms with Crippen molar-refractivity contribution >= 4 is 33.3 Å². The fourth-order valence-corrected chi connectivity index (χ4v) is 2.89. The molecule has 3 heterocycles. The quantitative estimate of drug-likeness (QED) is 0.876. The molecule has 1 unspecified atom stereocenters. The molecule has 2 aromatic rings. The molecule has 94 valence electrons. The molecule has 3 rings (SSSR count). The van der Waals surface area contributed by atoms with Crippen molar-refractivity contribution in [1.29, 1.82) is 0 Å². The van der Waals surface area contributed by atoms with Gasteiger partial charge < -0.3 is 15.2 Å². The average molecular weight is 265 g/mol. The largest absolute Gasteiger partial charge is 0.478 e. The first-order valence-electron chi connectivity index (χ1n) is 5.55. The van der Waals surface area contributed by atoms with Gasteiger partial charge in [0.1, 0.15) is 17.7 Å². The van der Waals surface area contributed by atoms with Crippen molar-refractivity contribution in [2.24, 2.45) is 0 Å². The summed E-state index contributed by atoms with van der Waals surface area (Å²) in [6.07, 6.45) is 2.32. The Morgan fingerprint density at radius 2 is 2.44 bits per heavy atom. The first kappa shape index (κ1) is 11.4. The minimum atomic E-state index is -0.963. The number of ether oxygens (including phenoxy) is 1. The number of carboxylic acid groups (broad SMARTS) is 1. The first-order valence-corrected chi connectivity index (χ1v) is 6.43. The van der Waals surface area contributed by atoms with Gasteiger partial charge >= 0.3 is 5.97 Å². The Morgan fingerprint density at radius 1 is 1.56 bits per heavy atom. The van der Waals surface area contributed by atoms with E-state index in [-0.39, 0.29) is 11.6 Å². The molecule has 6 nitrogen and oxygen atoms in total. The molecule has 0 aromatic carbocycles. The first-order chi connectivity index (χ1) is 8.75. The van der Waals surface area contributed by atoms with Crippen LogP contribution >= 0.6 is 11.3 Å². The van der Waals surface area contributed by atoms with E-state index in [0.29, 0.717) is 17.9 Å². The molecule has 0 radical (unpaired) electrons. The molecular formula is C11H11N3O3S. The lowest BCUT2D eigenvalue weighted by atomic mass is 10.2. The fourth-order valence-electron chi connectivity index (χ4n) is 1.95. The summed E-state index contributed by atoms with van der Waals surface area (Å²) in [6.45, 7) is 1.40. The van der Waals surface area contributed by atoms with E-state index in [9.17, 15) is 4.79 Å². The summed E-state index contributed by atoms with van der Waals surface area (Å²) in [6, 6.07) is 0.235. The number of carbonyl (C=O) groups is 1. The Morgan fingerprint density at radius 3 is 3.17 bits per heavy atom. The van der Waals surface area contributed by atoms with Crippen molar-refractivity contribution in [3.63, 3.8) is 0 Å². The Hall–Kier alpha value is -1.73. The molecule has 0 saturated carbocycles. The van der Waals surface area contributed by atoms with Crippen LogP contribution in [0, 0.1) is 0 Å². The summed E-state index contributed by atoms with van der Waals surface area (Å²) in [5.74, 6) is -0.275. The molecule has 1 aliphatic heterocycles. The molecule has 0 aliphatic carbocycles. The lowest BCUT2D eigenvalue weighted by molar-refractivity contribution is 0.0699. The van der Waals surface area contributed by atoms with Crippen LogP contribution in [0.2, 0.25) is 0 Å². The Bertz CT molecular complexity index is 592. The predicted molar refractivity (Wildman–Crippen MR) is 67.2 cm³/mol. The van der Waals surface area contributed by atoms with Gasteiger partial charge in [0, 0.05) is 12.0 Å². The second kappa shape index (κ2) is 4.51. The van der Waals surface area contributed by atoms with E-state index in [1.807, 2.05) is 0 Å². The zero-order valence-electron chi connectivity index (χ0n) is 9.42. The standard InChI is InChI=1S/C11H11N3O3S/c15-11(16)7-4-18-9-8(7)12-5-13-10(9)14-6-1-2-17-3-6/h4-6H,1-3H2,(H,15,16)(H,12,13,14). The van der Waals surface area contributed by atoms with Gasteiger partial charge in [-0.15, -0.1) is 11.3 Å². The van der Waals surface area contributed by atoms with Gasteiger partial charge in [0.25, 0.3) is 0 Å². The second-order valence-corrected chi connectivity index (χ2v) is 4.94. The normalized spacial score (nSPS) is 19.2. The van der Waals surface area contributed by atoms with Gasteiger partial charge in [-0.25, -0.2) is 14.8 Å². The molecule has 7 heteroatoms. The third-order valence-corrected chi connectivity index (χ3v) is 3.83.